The maximum atomic E-state index is 14.3. The van der Waals surface area contributed by atoms with Crippen LogP contribution in [0.4, 0.5) is 10.1 Å². The summed E-state index contributed by atoms with van der Waals surface area (Å²) in [4.78, 5) is 5.18. The van der Waals surface area contributed by atoms with Crippen molar-refractivity contribution in [3.05, 3.63) is 23.6 Å². The second kappa shape index (κ2) is 6.41. The first-order chi connectivity index (χ1) is 13.1. The highest BCUT2D eigenvalue weighted by molar-refractivity contribution is 8.06. The van der Waals surface area contributed by atoms with Crippen LogP contribution in [0.1, 0.15) is 51.0 Å². The number of hydrogen-bond donors (Lipinski definition) is 2. The van der Waals surface area contributed by atoms with Gasteiger partial charge >= 0.3 is 0 Å². The molecule has 0 saturated heterocycles. The summed E-state index contributed by atoms with van der Waals surface area (Å²) in [5.41, 5.74) is -0.325. The summed E-state index contributed by atoms with van der Waals surface area (Å²) in [7, 11) is -3.83. The van der Waals surface area contributed by atoms with E-state index in [4.69, 9.17) is 9.36 Å². The van der Waals surface area contributed by atoms with E-state index in [9.17, 15) is 17.9 Å². The van der Waals surface area contributed by atoms with Crippen LogP contribution >= 0.6 is 0 Å². The average molecular weight is 411 g/mol. The minimum absolute atomic E-state index is 0.0502. The zero-order valence-corrected chi connectivity index (χ0v) is 16.6. The predicted octanol–water partition coefficient (Wildman–Crippen LogP) is 3.10. The van der Waals surface area contributed by atoms with E-state index in [-0.39, 0.29) is 34.3 Å². The highest BCUT2D eigenvalue weighted by atomic mass is 32.2. The summed E-state index contributed by atoms with van der Waals surface area (Å²) < 4.78 is 45.4. The number of halogens is 1. The topological polar surface area (TPSA) is 114 Å². The van der Waals surface area contributed by atoms with Crippen LogP contribution < -0.4 is 5.32 Å². The number of nitrogens with one attached hydrogen (secondary N) is 1. The van der Waals surface area contributed by atoms with Gasteiger partial charge in [0.15, 0.2) is 10.6 Å². The summed E-state index contributed by atoms with van der Waals surface area (Å²) in [6.45, 7) is 4.98. The molecule has 8 nitrogen and oxygen atoms in total. The Morgan fingerprint density at radius 3 is 2.68 bits per heavy atom. The summed E-state index contributed by atoms with van der Waals surface area (Å²) in [6.07, 6.45) is 1.06. The van der Waals surface area contributed by atoms with Gasteiger partial charge in [0.05, 0.1) is 5.69 Å². The van der Waals surface area contributed by atoms with Crippen LogP contribution in [0.3, 0.4) is 0 Å². The molecular weight excluding hydrogens is 389 g/mol. The van der Waals surface area contributed by atoms with E-state index in [2.05, 4.69) is 15.6 Å². The van der Waals surface area contributed by atoms with Crippen molar-refractivity contribution in [1.29, 1.82) is 0 Å². The molecule has 0 radical (unpaired) electrons. The molecule has 1 aliphatic carbocycles. The van der Waals surface area contributed by atoms with E-state index in [0.29, 0.717) is 5.39 Å². The number of nitrogens with zero attached hydrogens (tertiary/aromatic N) is 2. The fraction of sp³-hybridized carbons (Fsp3) is 0.556. The number of fused-ring (bicyclic) bond motifs is 1. The molecule has 10 heteroatoms. The van der Waals surface area contributed by atoms with Gasteiger partial charge in [-0.05, 0) is 39.7 Å². The number of oxime groups is 1. The molecule has 2 atom stereocenters. The molecule has 1 aromatic carbocycles. The zero-order valence-electron chi connectivity index (χ0n) is 15.8. The summed E-state index contributed by atoms with van der Waals surface area (Å²) in [5.74, 6) is -0.513. The summed E-state index contributed by atoms with van der Waals surface area (Å²) >= 11 is 0. The number of benzene rings is 1. The fourth-order valence-corrected chi connectivity index (χ4v) is 4.74. The SMILES string of the molecule is CC(c1noc2cc(F)c(NC(O)C3CC3)cc12)S(=O)(=O)C1=NOC(C)(C)C1. The Balaban J connectivity index is 1.68. The Hall–Kier alpha value is -2.20. The predicted molar refractivity (Wildman–Crippen MR) is 101 cm³/mol. The van der Waals surface area contributed by atoms with Gasteiger partial charge in [0.2, 0.25) is 9.84 Å². The summed E-state index contributed by atoms with van der Waals surface area (Å²) in [5, 5.41) is 19.6. The van der Waals surface area contributed by atoms with Gasteiger partial charge in [0.1, 0.15) is 28.6 Å². The molecule has 28 heavy (non-hydrogen) atoms. The van der Waals surface area contributed by atoms with Crippen molar-refractivity contribution < 1.29 is 27.3 Å². The van der Waals surface area contributed by atoms with Gasteiger partial charge in [-0.3, -0.25) is 0 Å². The third-order valence-corrected chi connectivity index (χ3v) is 7.14. The number of hydrogen-bond acceptors (Lipinski definition) is 8. The fourth-order valence-electron chi connectivity index (χ4n) is 3.18. The van der Waals surface area contributed by atoms with E-state index in [1.165, 1.54) is 13.0 Å². The maximum absolute atomic E-state index is 14.3. The number of aliphatic hydroxyl groups is 1. The molecule has 2 aromatic rings. The molecule has 1 saturated carbocycles. The maximum Gasteiger partial charge on any atom is 0.203 e. The van der Waals surface area contributed by atoms with Gasteiger partial charge in [-0.15, -0.1) is 0 Å². The first-order valence-electron chi connectivity index (χ1n) is 9.11. The molecule has 2 N–H and O–H groups in total. The normalized spacial score (nSPS) is 21.2. The average Bonchev–Trinajstić information content (AvgIpc) is 3.30. The number of aromatic nitrogens is 1. The summed E-state index contributed by atoms with van der Waals surface area (Å²) in [6, 6.07) is 2.55. The Labute approximate surface area is 161 Å². The van der Waals surface area contributed by atoms with Crippen molar-refractivity contribution in [2.24, 2.45) is 11.1 Å². The van der Waals surface area contributed by atoms with E-state index >= 15 is 0 Å². The van der Waals surface area contributed by atoms with E-state index in [0.717, 1.165) is 18.9 Å². The molecule has 152 valence electrons. The van der Waals surface area contributed by atoms with Crippen LogP contribution in [0.15, 0.2) is 21.8 Å². The molecule has 2 heterocycles. The van der Waals surface area contributed by atoms with Gasteiger partial charge < -0.3 is 19.8 Å². The molecule has 1 aromatic heterocycles. The lowest BCUT2D eigenvalue weighted by Crippen LogP contribution is -2.25. The number of sulfone groups is 1. The van der Waals surface area contributed by atoms with E-state index in [1.54, 1.807) is 13.8 Å². The minimum atomic E-state index is -3.83. The quantitative estimate of drug-likeness (QED) is 0.727. The van der Waals surface area contributed by atoms with Gasteiger partial charge in [-0.25, -0.2) is 12.8 Å². The third-order valence-electron chi connectivity index (χ3n) is 5.11. The second-order valence-corrected chi connectivity index (χ2v) is 10.3. The Morgan fingerprint density at radius 2 is 2.07 bits per heavy atom. The van der Waals surface area contributed by atoms with Crippen LogP contribution in [-0.4, -0.2) is 35.6 Å². The first-order valence-corrected chi connectivity index (χ1v) is 10.7. The van der Waals surface area contributed by atoms with E-state index < -0.39 is 32.7 Å². The van der Waals surface area contributed by atoms with Crippen molar-refractivity contribution >= 4 is 31.5 Å². The van der Waals surface area contributed by atoms with Crippen LogP contribution in [0.25, 0.3) is 11.0 Å². The van der Waals surface area contributed by atoms with Crippen LogP contribution in [0.2, 0.25) is 0 Å². The molecule has 0 amide bonds. The third kappa shape index (κ3) is 3.35. The Morgan fingerprint density at radius 1 is 1.36 bits per heavy atom. The number of rotatable bonds is 5. The second-order valence-electron chi connectivity index (χ2n) is 8.02. The van der Waals surface area contributed by atoms with Crippen molar-refractivity contribution in [3.63, 3.8) is 0 Å². The highest BCUT2D eigenvalue weighted by Crippen LogP contribution is 2.37. The van der Waals surface area contributed by atoms with Gasteiger partial charge in [0.25, 0.3) is 0 Å². The van der Waals surface area contributed by atoms with Crippen molar-refractivity contribution in [1.82, 2.24) is 5.16 Å². The molecule has 4 rings (SSSR count). The van der Waals surface area contributed by atoms with Gasteiger partial charge in [0, 0.05) is 23.8 Å². The molecule has 1 fully saturated rings. The molecule has 1 aliphatic heterocycles. The molecule has 2 unspecified atom stereocenters. The monoisotopic (exact) mass is 411 g/mol. The van der Waals surface area contributed by atoms with Crippen LogP contribution in [0, 0.1) is 11.7 Å². The van der Waals surface area contributed by atoms with E-state index in [1.807, 2.05) is 0 Å². The lowest BCUT2D eigenvalue weighted by molar-refractivity contribution is 0.0123. The van der Waals surface area contributed by atoms with Crippen molar-refractivity contribution in [2.45, 2.75) is 57.1 Å². The lowest BCUT2D eigenvalue weighted by Gasteiger charge is -2.15. The standard InChI is InChI=1S/C18H22FN3O5S/c1-9(28(24,25)15-8-18(2,3)27-21-15)16-11-6-13(20-17(23)10-4-5-10)12(19)7-14(11)26-22-16/h6-7,9-10,17,20,23H,4-5,8H2,1-3H3. The minimum Gasteiger partial charge on any atom is -0.389 e. The molecular formula is C18H22FN3O5S. The van der Waals surface area contributed by atoms with Crippen LogP contribution in [0.5, 0.6) is 0 Å². The number of aliphatic hydroxyl groups excluding tert-OH is 1. The highest BCUT2D eigenvalue weighted by Gasteiger charge is 2.40. The smallest absolute Gasteiger partial charge is 0.203 e. The Kier molecular flexibility index (Phi) is 4.38. The molecule has 0 spiro atoms. The van der Waals surface area contributed by atoms with Crippen LogP contribution in [-0.2, 0) is 14.7 Å². The first kappa shape index (κ1) is 19.1. The molecule has 2 aliphatic rings. The van der Waals surface area contributed by atoms with Gasteiger partial charge in [-0.1, -0.05) is 10.3 Å². The lowest BCUT2D eigenvalue weighted by atomic mass is 10.1. The zero-order chi connectivity index (χ0) is 20.3. The Bertz CT molecular complexity index is 1060. The largest absolute Gasteiger partial charge is 0.389 e. The van der Waals surface area contributed by atoms with Gasteiger partial charge in [-0.2, -0.15) is 0 Å². The molecule has 0 bridgehead atoms. The van der Waals surface area contributed by atoms with Crippen molar-refractivity contribution in [2.75, 3.05) is 5.32 Å². The number of anilines is 1. The van der Waals surface area contributed by atoms with Crippen molar-refractivity contribution in [3.8, 4) is 0 Å².